The van der Waals surface area contributed by atoms with Crippen molar-refractivity contribution in [3.05, 3.63) is 73.5 Å². The van der Waals surface area contributed by atoms with Crippen LogP contribution in [0.3, 0.4) is 0 Å². The van der Waals surface area contributed by atoms with Crippen LogP contribution in [-0.4, -0.2) is 28.6 Å². The summed E-state index contributed by atoms with van der Waals surface area (Å²) in [5.74, 6) is -0.422. The van der Waals surface area contributed by atoms with Crippen LogP contribution in [0, 0.1) is 17.0 Å². The molecule has 0 spiro atoms. The number of hydrogen-bond acceptors (Lipinski definition) is 5. The highest BCUT2D eigenvalue weighted by molar-refractivity contribution is 7.16. The second kappa shape index (κ2) is 9.80. The maximum absolute atomic E-state index is 12.4. The summed E-state index contributed by atoms with van der Waals surface area (Å²) in [6.07, 6.45) is 2.92. The Kier molecular flexibility index (Phi) is 7.15. The number of benzene rings is 2. The summed E-state index contributed by atoms with van der Waals surface area (Å²) in [6.45, 7) is 5.51. The molecule has 1 heterocycles. The largest absolute Gasteiger partial charge is 0.380 e. The van der Waals surface area contributed by atoms with Crippen molar-refractivity contribution in [1.82, 2.24) is 4.57 Å². The number of nitrogens with zero attached hydrogens (tertiary/aromatic N) is 3. The number of aromatic nitrogens is 1. The zero-order valence-corrected chi connectivity index (χ0v) is 18.1. The molecule has 0 aliphatic rings. The highest BCUT2D eigenvalue weighted by Crippen LogP contribution is 2.27. The van der Waals surface area contributed by atoms with E-state index in [0.717, 1.165) is 15.8 Å². The summed E-state index contributed by atoms with van der Waals surface area (Å²) >= 11 is 7.71. The SMILES string of the molecule is CCOCCn1c(=NC(=O)/C=C/c2ccc([N+](=O)[O-])cc2)sc2ccc(Cl)c(C)c21. The molecule has 0 fully saturated rings. The molecule has 1 amide bonds. The number of nitro groups is 1. The lowest BCUT2D eigenvalue weighted by atomic mass is 10.2. The Morgan fingerprint density at radius 2 is 2.03 bits per heavy atom. The summed E-state index contributed by atoms with van der Waals surface area (Å²) in [5, 5.41) is 11.4. The average Bonchev–Trinajstić information content (AvgIpc) is 3.07. The molecule has 2 aromatic carbocycles. The van der Waals surface area contributed by atoms with Crippen LogP contribution < -0.4 is 4.80 Å². The van der Waals surface area contributed by atoms with Crippen molar-refractivity contribution in [3.8, 4) is 0 Å². The third-order valence-corrected chi connectivity index (χ3v) is 5.87. The van der Waals surface area contributed by atoms with Crippen LogP contribution >= 0.6 is 22.9 Å². The lowest BCUT2D eigenvalue weighted by Crippen LogP contribution is -2.19. The van der Waals surface area contributed by atoms with E-state index in [1.165, 1.54) is 29.5 Å². The smallest absolute Gasteiger partial charge is 0.272 e. The second-order valence-electron chi connectivity index (χ2n) is 6.38. The summed E-state index contributed by atoms with van der Waals surface area (Å²) < 4.78 is 8.42. The first-order chi connectivity index (χ1) is 14.4. The number of carbonyl (C=O) groups is 1. The molecule has 0 N–H and O–H groups in total. The van der Waals surface area contributed by atoms with Crippen LogP contribution in [-0.2, 0) is 16.1 Å². The third kappa shape index (κ3) is 5.02. The maximum atomic E-state index is 12.4. The number of hydrogen-bond donors (Lipinski definition) is 0. The average molecular weight is 446 g/mol. The number of aryl methyl sites for hydroxylation is 1. The topological polar surface area (TPSA) is 86.7 Å². The first-order valence-corrected chi connectivity index (χ1v) is 10.5. The number of rotatable bonds is 7. The van der Waals surface area contributed by atoms with Crippen LogP contribution in [0.1, 0.15) is 18.1 Å². The summed E-state index contributed by atoms with van der Waals surface area (Å²) in [5.41, 5.74) is 2.54. The lowest BCUT2D eigenvalue weighted by Gasteiger charge is -2.08. The molecule has 9 heteroatoms. The predicted octanol–water partition coefficient (Wildman–Crippen LogP) is 4.75. The molecule has 7 nitrogen and oxygen atoms in total. The molecule has 0 aliphatic carbocycles. The van der Waals surface area contributed by atoms with Crippen molar-refractivity contribution in [2.75, 3.05) is 13.2 Å². The van der Waals surface area contributed by atoms with Gasteiger partial charge in [-0.05, 0) is 55.3 Å². The van der Waals surface area contributed by atoms with E-state index in [9.17, 15) is 14.9 Å². The van der Waals surface area contributed by atoms with Crippen molar-refractivity contribution in [2.45, 2.75) is 20.4 Å². The molecule has 0 saturated heterocycles. The van der Waals surface area contributed by atoms with Gasteiger partial charge in [0.05, 0.1) is 21.7 Å². The Bertz CT molecular complexity index is 1180. The molecule has 3 aromatic rings. The minimum Gasteiger partial charge on any atom is -0.380 e. The van der Waals surface area contributed by atoms with E-state index < -0.39 is 10.8 Å². The van der Waals surface area contributed by atoms with Gasteiger partial charge < -0.3 is 9.30 Å². The number of ether oxygens (including phenoxy) is 1. The van der Waals surface area contributed by atoms with Gasteiger partial charge in [-0.15, -0.1) is 0 Å². The van der Waals surface area contributed by atoms with Gasteiger partial charge in [-0.2, -0.15) is 4.99 Å². The second-order valence-corrected chi connectivity index (χ2v) is 7.80. The molecule has 3 rings (SSSR count). The molecule has 0 bridgehead atoms. The Balaban J connectivity index is 1.93. The predicted molar refractivity (Wildman–Crippen MR) is 119 cm³/mol. The molecule has 156 valence electrons. The summed E-state index contributed by atoms with van der Waals surface area (Å²) in [4.78, 5) is 27.5. The van der Waals surface area contributed by atoms with Gasteiger partial charge in [0.2, 0.25) is 0 Å². The number of amides is 1. The van der Waals surface area contributed by atoms with Gasteiger partial charge in [0.15, 0.2) is 4.80 Å². The van der Waals surface area contributed by atoms with E-state index in [1.807, 2.05) is 30.5 Å². The summed E-state index contributed by atoms with van der Waals surface area (Å²) in [6, 6.07) is 9.69. The molecule has 0 atom stereocenters. The van der Waals surface area contributed by atoms with E-state index >= 15 is 0 Å². The van der Waals surface area contributed by atoms with Crippen LogP contribution in [0.25, 0.3) is 16.3 Å². The number of carbonyl (C=O) groups excluding carboxylic acids is 1. The van der Waals surface area contributed by atoms with Crippen molar-refractivity contribution in [3.63, 3.8) is 0 Å². The number of halogens is 1. The van der Waals surface area contributed by atoms with E-state index in [-0.39, 0.29) is 5.69 Å². The van der Waals surface area contributed by atoms with Crippen molar-refractivity contribution >= 4 is 50.8 Å². The molecule has 30 heavy (non-hydrogen) atoms. The van der Waals surface area contributed by atoms with E-state index in [4.69, 9.17) is 16.3 Å². The van der Waals surface area contributed by atoms with Crippen molar-refractivity contribution in [2.24, 2.45) is 4.99 Å². The normalized spacial score (nSPS) is 12.2. The fourth-order valence-electron chi connectivity index (χ4n) is 2.91. The summed E-state index contributed by atoms with van der Waals surface area (Å²) in [7, 11) is 0. The van der Waals surface area contributed by atoms with E-state index in [0.29, 0.717) is 35.1 Å². The van der Waals surface area contributed by atoms with Gasteiger partial charge in [-0.3, -0.25) is 14.9 Å². The Morgan fingerprint density at radius 3 is 2.70 bits per heavy atom. The van der Waals surface area contributed by atoms with Gasteiger partial charge in [-0.1, -0.05) is 22.9 Å². The zero-order valence-electron chi connectivity index (χ0n) is 16.5. The van der Waals surface area contributed by atoms with E-state index in [1.54, 1.807) is 18.2 Å². The zero-order chi connectivity index (χ0) is 21.7. The fourth-order valence-corrected chi connectivity index (χ4v) is 4.19. The fraction of sp³-hybridized carbons (Fsp3) is 0.238. The highest BCUT2D eigenvalue weighted by Gasteiger charge is 2.12. The number of fused-ring (bicyclic) bond motifs is 1. The molecular weight excluding hydrogens is 426 g/mol. The minimum absolute atomic E-state index is 0.00203. The van der Waals surface area contributed by atoms with Gasteiger partial charge in [0.1, 0.15) is 0 Å². The Morgan fingerprint density at radius 1 is 1.30 bits per heavy atom. The number of non-ortho nitro benzene ring substituents is 1. The van der Waals surface area contributed by atoms with Gasteiger partial charge in [0, 0.05) is 36.4 Å². The van der Waals surface area contributed by atoms with Crippen molar-refractivity contribution in [1.29, 1.82) is 0 Å². The Hall–Kier alpha value is -2.81. The van der Waals surface area contributed by atoms with Crippen LogP contribution in [0.15, 0.2) is 47.5 Å². The molecule has 0 saturated carbocycles. The Labute approximate surface area is 182 Å². The van der Waals surface area contributed by atoms with Crippen LogP contribution in [0.4, 0.5) is 5.69 Å². The standard InChI is InChI=1S/C21H20ClN3O4S/c1-3-29-13-12-24-20-14(2)17(22)9-10-18(20)30-21(24)23-19(26)11-6-15-4-7-16(8-5-15)25(27)28/h4-11H,3,12-13H2,1-2H3/b11-6+,23-21?. The van der Waals surface area contributed by atoms with E-state index in [2.05, 4.69) is 4.99 Å². The molecule has 0 aliphatic heterocycles. The van der Waals surface area contributed by atoms with Crippen LogP contribution in [0.5, 0.6) is 0 Å². The molecule has 1 aromatic heterocycles. The monoisotopic (exact) mass is 445 g/mol. The highest BCUT2D eigenvalue weighted by atomic mass is 35.5. The molecule has 0 radical (unpaired) electrons. The van der Waals surface area contributed by atoms with Crippen LogP contribution in [0.2, 0.25) is 5.02 Å². The van der Waals surface area contributed by atoms with Gasteiger partial charge in [0.25, 0.3) is 11.6 Å². The van der Waals surface area contributed by atoms with Gasteiger partial charge in [-0.25, -0.2) is 0 Å². The number of nitro benzene ring substituents is 1. The first-order valence-electron chi connectivity index (χ1n) is 9.28. The first kappa shape index (κ1) is 21.9. The number of thiazole rings is 1. The van der Waals surface area contributed by atoms with Crippen molar-refractivity contribution < 1.29 is 14.5 Å². The van der Waals surface area contributed by atoms with Gasteiger partial charge >= 0.3 is 0 Å². The quantitative estimate of drug-likeness (QED) is 0.227. The molecule has 0 unspecified atom stereocenters. The lowest BCUT2D eigenvalue weighted by molar-refractivity contribution is -0.384. The maximum Gasteiger partial charge on any atom is 0.272 e. The third-order valence-electron chi connectivity index (χ3n) is 4.42. The minimum atomic E-state index is -0.468. The molecular formula is C21H20ClN3O4S.